The zero-order valence-corrected chi connectivity index (χ0v) is 18.6. The molecular weight excluding hydrogens is 406 g/mol. The number of benzene rings is 3. The highest BCUT2D eigenvalue weighted by Crippen LogP contribution is 2.34. The van der Waals surface area contributed by atoms with E-state index >= 15 is 0 Å². The molecule has 1 heterocycles. The molecule has 1 aliphatic rings. The third-order valence-corrected chi connectivity index (χ3v) is 5.62. The second-order valence-corrected chi connectivity index (χ2v) is 7.62. The van der Waals surface area contributed by atoms with Crippen LogP contribution in [0.4, 0.5) is 0 Å². The molecule has 3 aromatic rings. The first kappa shape index (κ1) is 21.6. The average Bonchev–Trinajstić information content (AvgIpc) is 2.86. The van der Waals surface area contributed by atoms with Gasteiger partial charge in [-0.1, -0.05) is 30.3 Å². The van der Waals surface area contributed by atoms with Crippen LogP contribution >= 0.6 is 0 Å². The van der Waals surface area contributed by atoms with Crippen LogP contribution in [0.2, 0.25) is 0 Å². The van der Waals surface area contributed by atoms with Gasteiger partial charge in [0.05, 0.1) is 21.3 Å². The van der Waals surface area contributed by atoms with E-state index in [1.165, 1.54) is 5.56 Å². The van der Waals surface area contributed by atoms with Crippen molar-refractivity contribution in [3.63, 3.8) is 0 Å². The Balaban J connectivity index is 1.53. The van der Waals surface area contributed by atoms with Crippen LogP contribution in [0, 0.1) is 0 Å². The third-order valence-electron chi connectivity index (χ3n) is 5.62. The predicted octanol–water partition coefficient (Wildman–Crippen LogP) is 4.49. The highest BCUT2D eigenvalue weighted by atomic mass is 16.5. The quantitative estimate of drug-likeness (QED) is 0.550. The molecule has 0 radical (unpaired) electrons. The largest absolute Gasteiger partial charge is 0.497 e. The first-order chi connectivity index (χ1) is 15.6. The minimum atomic E-state index is -0.0591. The molecule has 0 aliphatic carbocycles. The molecule has 0 aromatic heterocycles. The third kappa shape index (κ3) is 4.64. The van der Waals surface area contributed by atoms with Crippen molar-refractivity contribution in [2.75, 3.05) is 27.9 Å². The van der Waals surface area contributed by atoms with Crippen molar-refractivity contribution in [1.82, 2.24) is 4.90 Å². The van der Waals surface area contributed by atoms with Crippen LogP contribution < -0.4 is 18.9 Å². The van der Waals surface area contributed by atoms with Crippen LogP contribution in [0.5, 0.6) is 23.0 Å². The molecule has 0 spiro atoms. The smallest absolute Gasteiger partial charge is 0.254 e. The van der Waals surface area contributed by atoms with Gasteiger partial charge >= 0.3 is 0 Å². The van der Waals surface area contributed by atoms with Gasteiger partial charge in [-0.15, -0.1) is 0 Å². The van der Waals surface area contributed by atoms with E-state index in [1.807, 2.05) is 47.4 Å². The molecule has 1 amide bonds. The number of ether oxygens (including phenoxy) is 4. The van der Waals surface area contributed by atoms with Crippen LogP contribution in [0.3, 0.4) is 0 Å². The number of rotatable bonds is 7. The lowest BCUT2D eigenvalue weighted by Gasteiger charge is -2.30. The van der Waals surface area contributed by atoms with E-state index in [9.17, 15) is 4.79 Å². The number of fused-ring (bicyclic) bond motifs is 1. The van der Waals surface area contributed by atoms with Crippen molar-refractivity contribution in [1.29, 1.82) is 0 Å². The predicted molar refractivity (Wildman–Crippen MR) is 122 cm³/mol. The summed E-state index contributed by atoms with van der Waals surface area (Å²) >= 11 is 0. The summed E-state index contributed by atoms with van der Waals surface area (Å²) in [4.78, 5) is 15.0. The summed E-state index contributed by atoms with van der Waals surface area (Å²) in [5.41, 5.74) is 3.86. The summed E-state index contributed by atoms with van der Waals surface area (Å²) in [6.45, 7) is 1.59. The Labute approximate surface area is 188 Å². The molecule has 6 nitrogen and oxygen atoms in total. The van der Waals surface area contributed by atoms with Crippen LogP contribution in [-0.4, -0.2) is 38.7 Å². The Hall–Kier alpha value is -3.67. The van der Waals surface area contributed by atoms with Gasteiger partial charge in [0, 0.05) is 24.7 Å². The summed E-state index contributed by atoms with van der Waals surface area (Å²) in [6.07, 6.45) is 0.744. The van der Waals surface area contributed by atoms with Gasteiger partial charge in [0.25, 0.3) is 5.91 Å². The molecule has 6 heteroatoms. The molecule has 4 rings (SSSR count). The van der Waals surface area contributed by atoms with Crippen molar-refractivity contribution in [3.05, 3.63) is 82.9 Å². The van der Waals surface area contributed by atoms with Gasteiger partial charge in [-0.25, -0.2) is 0 Å². The summed E-state index contributed by atoms with van der Waals surface area (Å²) in [5.74, 6) is 2.50. The van der Waals surface area contributed by atoms with Crippen LogP contribution in [-0.2, 0) is 19.6 Å². The maximum absolute atomic E-state index is 13.2. The number of methoxy groups -OCH3 is 3. The van der Waals surface area contributed by atoms with Gasteiger partial charge < -0.3 is 23.8 Å². The summed E-state index contributed by atoms with van der Waals surface area (Å²) in [7, 11) is 4.78. The molecular formula is C26H27NO5. The van der Waals surface area contributed by atoms with E-state index in [1.54, 1.807) is 39.5 Å². The van der Waals surface area contributed by atoms with E-state index in [0.29, 0.717) is 48.3 Å². The van der Waals surface area contributed by atoms with Crippen molar-refractivity contribution in [2.45, 2.75) is 19.6 Å². The standard InChI is InChI=1S/C26H27NO5/c1-29-22-11-20(12-23(15-22)30-2)26(28)27-10-9-19-13-25(24(31-3)14-21(19)16-27)32-17-18-7-5-4-6-8-18/h4-8,11-15H,9-10,16-17H2,1-3H3. The zero-order chi connectivity index (χ0) is 22.5. The molecule has 0 atom stereocenters. The maximum atomic E-state index is 13.2. The second kappa shape index (κ2) is 9.64. The molecule has 0 N–H and O–H groups in total. The first-order valence-corrected chi connectivity index (χ1v) is 10.5. The Bertz CT molecular complexity index is 1070. The van der Waals surface area contributed by atoms with Crippen molar-refractivity contribution in [2.24, 2.45) is 0 Å². The van der Waals surface area contributed by atoms with Gasteiger partial charge in [0.2, 0.25) is 0 Å². The fourth-order valence-corrected chi connectivity index (χ4v) is 3.86. The molecule has 32 heavy (non-hydrogen) atoms. The Morgan fingerprint density at radius 2 is 1.53 bits per heavy atom. The molecule has 0 unspecified atom stereocenters. The lowest BCUT2D eigenvalue weighted by atomic mass is 9.98. The molecule has 166 valence electrons. The minimum Gasteiger partial charge on any atom is -0.497 e. The number of nitrogens with zero attached hydrogens (tertiary/aromatic N) is 1. The molecule has 0 saturated carbocycles. The van der Waals surface area contributed by atoms with Gasteiger partial charge in [-0.05, 0) is 47.4 Å². The van der Waals surface area contributed by atoms with Crippen molar-refractivity contribution in [3.8, 4) is 23.0 Å². The zero-order valence-electron chi connectivity index (χ0n) is 18.6. The van der Waals surface area contributed by atoms with Crippen LogP contribution in [0.1, 0.15) is 27.0 Å². The van der Waals surface area contributed by atoms with E-state index in [0.717, 1.165) is 17.5 Å². The van der Waals surface area contributed by atoms with Crippen molar-refractivity contribution < 1.29 is 23.7 Å². The molecule has 3 aromatic carbocycles. The summed E-state index contributed by atoms with van der Waals surface area (Å²) in [6, 6.07) is 19.3. The van der Waals surface area contributed by atoms with Gasteiger partial charge in [0.15, 0.2) is 11.5 Å². The molecule has 0 fully saturated rings. The van der Waals surface area contributed by atoms with Gasteiger partial charge in [0.1, 0.15) is 18.1 Å². The van der Waals surface area contributed by atoms with E-state index in [2.05, 4.69) is 0 Å². The molecule has 0 saturated heterocycles. The topological polar surface area (TPSA) is 57.2 Å². The fourth-order valence-electron chi connectivity index (χ4n) is 3.86. The number of hydrogen-bond acceptors (Lipinski definition) is 5. The molecule has 0 bridgehead atoms. The monoisotopic (exact) mass is 433 g/mol. The highest BCUT2D eigenvalue weighted by molar-refractivity contribution is 5.95. The number of amides is 1. The number of carbonyl (C=O) groups excluding carboxylic acids is 1. The maximum Gasteiger partial charge on any atom is 0.254 e. The number of hydrogen-bond donors (Lipinski definition) is 0. The summed E-state index contributed by atoms with van der Waals surface area (Å²) < 4.78 is 22.2. The first-order valence-electron chi connectivity index (χ1n) is 10.5. The Morgan fingerprint density at radius 1 is 0.844 bits per heavy atom. The fraction of sp³-hybridized carbons (Fsp3) is 0.269. The van der Waals surface area contributed by atoms with E-state index < -0.39 is 0 Å². The molecule has 1 aliphatic heterocycles. The van der Waals surface area contributed by atoms with E-state index in [-0.39, 0.29) is 5.91 Å². The normalized spacial score (nSPS) is 12.7. The highest BCUT2D eigenvalue weighted by Gasteiger charge is 2.24. The minimum absolute atomic E-state index is 0.0591. The Kier molecular flexibility index (Phi) is 6.50. The van der Waals surface area contributed by atoms with Crippen molar-refractivity contribution >= 4 is 5.91 Å². The Morgan fingerprint density at radius 3 is 2.19 bits per heavy atom. The SMILES string of the molecule is COc1cc(OC)cc(C(=O)N2CCc3cc(OCc4ccccc4)c(OC)cc3C2)c1. The van der Waals surface area contributed by atoms with Crippen LogP contribution in [0.25, 0.3) is 0 Å². The lowest BCUT2D eigenvalue weighted by Crippen LogP contribution is -2.36. The van der Waals surface area contributed by atoms with Gasteiger partial charge in [-0.2, -0.15) is 0 Å². The summed E-state index contributed by atoms with van der Waals surface area (Å²) in [5, 5.41) is 0. The number of carbonyl (C=O) groups is 1. The average molecular weight is 434 g/mol. The van der Waals surface area contributed by atoms with E-state index in [4.69, 9.17) is 18.9 Å². The lowest BCUT2D eigenvalue weighted by molar-refractivity contribution is 0.0733. The van der Waals surface area contributed by atoms with Crippen LogP contribution in [0.15, 0.2) is 60.7 Å². The van der Waals surface area contributed by atoms with Gasteiger partial charge in [-0.3, -0.25) is 4.79 Å². The second-order valence-electron chi connectivity index (χ2n) is 7.62.